The first kappa shape index (κ1) is 23.4. The zero-order valence-electron chi connectivity index (χ0n) is 17.3. The van der Waals surface area contributed by atoms with Gasteiger partial charge in [-0.15, -0.1) is 0 Å². The van der Waals surface area contributed by atoms with E-state index in [1.54, 1.807) is 25.2 Å². The normalized spacial score (nSPS) is 15.6. The van der Waals surface area contributed by atoms with Gasteiger partial charge >= 0.3 is 0 Å². The fraction of sp³-hybridized carbons (Fsp3) is 0.364. The van der Waals surface area contributed by atoms with Crippen LogP contribution < -0.4 is 0 Å². The lowest BCUT2D eigenvalue weighted by atomic mass is 9.96. The summed E-state index contributed by atoms with van der Waals surface area (Å²) in [5.74, 6) is -1.21. The molecule has 0 aromatic heterocycles. The number of benzene rings is 2. The summed E-state index contributed by atoms with van der Waals surface area (Å²) in [5.41, 5.74) is 0.588. The number of Topliss-reactive ketones (excluding diaryl/α,β-unsaturated/α-hetero) is 1. The van der Waals surface area contributed by atoms with E-state index in [0.717, 1.165) is 0 Å². The summed E-state index contributed by atoms with van der Waals surface area (Å²) in [6.07, 6.45) is 0.722. The fourth-order valence-corrected chi connectivity index (χ4v) is 5.42. The largest absolute Gasteiger partial charge is 0.341 e. The van der Waals surface area contributed by atoms with Crippen LogP contribution in [0.5, 0.6) is 0 Å². The average molecular weight is 467 g/mol. The van der Waals surface area contributed by atoms with Gasteiger partial charge in [-0.25, -0.2) is 12.8 Å². The zero-order valence-corrected chi connectivity index (χ0v) is 18.9. The van der Waals surface area contributed by atoms with Crippen LogP contribution in [-0.4, -0.2) is 49.5 Å². The van der Waals surface area contributed by atoms with E-state index >= 15 is 0 Å². The van der Waals surface area contributed by atoms with Gasteiger partial charge in [0.15, 0.2) is 5.78 Å². The van der Waals surface area contributed by atoms with Crippen LogP contribution in [0.4, 0.5) is 4.39 Å². The van der Waals surface area contributed by atoms with Crippen LogP contribution in [0, 0.1) is 11.7 Å². The first-order valence-corrected chi connectivity index (χ1v) is 11.7. The minimum absolute atomic E-state index is 0.0424. The molecule has 1 aliphatic rings. The quantitative estimate of drug-likeness (QED) is 0.608. The number of halogens is 2. The van der Waals surface area contributed by atoms with Crippen LogP contribution in [0.25, 0.3) is 0 Å². The molecule has 1 amide bonds. The maximum Gasteiger partial charge on any atom is 0.243 e. The first-order chi connectivity index (χ1) is 14.6. The number of ketones is 1. The molecule has 166 valence electrons. The second-order valence-corrected chi connectivity index (χ2v) is 10.0. The average Bonchev–Trinajstić information content (AvgIpc) is 2.76. The maximum absolute atomic E-state index is 14.0. The van der Waals surface area contributed by atoms with E-state index in [-0.39, 0.29) is 52.7 Å². The topological polar surface area (TPSA) is 74.8 Å². The van der Waals surface area contributed by atoms with Crippen LogP contribution in [0.1, 0.15) is 35.7 Å². The monoisotopic (exact) mass is 466 g/mol. The summed E-state index contributed by atoms with van der Waals surface area (Å²) in [6.45, 7) is 1.81. The number of rotatable bonds is 6. The van der Waals surface area contributed by atoms with Crippen molar-refractivity contribution in [1.29, 1.82) is 0 Å². The van der Waals surface area contributed by atoms with Crippen molar-refractivity contribution in [2.75, 3.05) is 20.1 Å². The molecule has 1 aliphatic heterocycles. The van der Waals surface area contributed by atoms with E-state index in [0.29, 0.717) is 18.4 Å². The highest BCUT2D eigenvalue weighted by Gasteiger charge is 2.33. The van der Waals surface area contributed by atoms with Crippen LogP contribution in [0.3, 0.4) is 0 Å². The molecule has 0 aliphatic carbocycles. The second-order valence-electron chi connectivity index (χ2n) is 7.66. The van der Waals surface area contributed by atoms with E-state index in [9.17, 15) is 22.4 Å². The van der Waals surface area contributed by atoms with Gasteiger partial charge in [-0.3, -0.25) is 9.59 Å². The molecular formula is C22H24ClFN2O4S. The van der Waals surface area contributed by atoms with Crippen molar-refractivity contribution in [3.8, 4) is 0 Å². The minimum atomic E-state index is -3.76. The summed E-state index contributed by atoms with van der Waals surface area (Å²) >= 11 is 6.05. The smallest absolute Gasteiger partial charge is 0.243 e. The molecule has 0 radical (unpaired) electrons. The lowest BCUT2D eigenvalue weighted by Gasteiger charge is -2.32. The number of piperidine rings is 1. The summed E-state index contributed by atoms with van der Waals surface area (Å²) in [7, 11) is -2.17. The van der Waals surface area contributed by atoms with Gasteiger partial charge in [0.25, 0.3) is 0 Å². The van der Waals surface area contributed by atoms with Crippen molar-refractivity contribution >= 4 is 33.3 Å². The molecule has 0 unspecified atom stereocenters. The fourth-order valence-electron chi connectivity index (χ4n) is 3.68. The van der Waals surface area contributed by atoms with E-state index in [1.165, 1.54) is 40.4 Å². The Morgan fingerprint density at radius 3 is 2.42 bits per heavy atom. The van der Waals surface area contributed by atoms with Crippen LogP contribution in [0.2, 0.25) is 5.02 Å². The van der Waals surface area contributed by atoms with Crippen molar-refractivity contribution in [3.63, 3.8) is 0 Å². The number of hydrogen-bond donors (Lipinski definition) is 0. The third-order valence-electron chi connectivity index (χ3n) is 5.51. The van der Waals surface area contributed by atoms with E-state index in [1.807, 2.05) is 0 Å². The lowest BCUT2D eigenvalue weighted by molar-refractivity contribution is -0.136. The van der Waals surface area contributed by atoms with Crippen molar-refractivity contribution < 1.29 is 22.4 Å². The SMILES string of the molecule is CC(=O)c1cccc(S(=O)(=O)N2CCC(C(=O)N(C)Cc3c(F)cccc3Cl)CC2)c1. The molecule has 31 heavy (non-hydrogen) atoms. The molecule has 1 fully saturated rings. The molecule has 0 bridgehead atoms. The van der Waals surface area contributed by atoms with Gasteiger partial charge in [0, 0.05) is 48.7 Å². The zero-order chi connectivity index (χ0) is 22.8. The molecular weight excluding hydrogens is 443 g/mol. The third kappa shape index (κ3) is 5.14. The summed E-state index contributed by atoms with van der Waals surface area (Å²) in [4.78, 5) is 25.9. The van der Waals surface area contributed by atoms with E-state index in [4.69, 9.17) is 11.6 Å². The van der Waals surface area contributed by atoms with Gasteiger partial charge in [-0.2, -0.15) is 4.31 Å². The maximum atomic E-state index is 14.0. The first-order valence-electron chi connectivity index (χ1n) is 9.90. The summed E-state index contributed by atoms with van der Waals surface area (Å²) in [5, 5.41) is 0.258. The highest BCUT2D eigenvalue weighted by molar-refractivity contribution is 7.89. The van der Waals surface area contributed by atoms with Crippen molar-refractivity contribution in [1.82, 2.24) is 9.21 Å². The predicted molar refractivity (Wildman–Crippen MR) is 116 cm³/mol. The van der Waals surface area contributed by atoms with Crippen molar-refractivity contribution in [3.05, 3.63) is 64.4 Å². The van der Waals surface area contributed by atoms with E-state index < -0.39 is 15.8 Å². The Kier molecular flexibility index (Phi) is 7.13. The number of carbonyl (C=O) groups excluding carboxylic acids is 2. The van der Waals surface area contributed by atoms with Crippen LogP contribution in [0.15, 0.2) is 47.4 Å². The number of nitrogens with zero attached hydrogens (tertiary/aromatic N) is 2. The Hall–Kier alpha value is -2.29. The molecule has 2 aromatic carbocycles. The highest BCUT2D eigenvalue weighted by atomic mass is 35.5. The third-order valence-corrected chi connectivity index (χ3v) is 7.76. The van der Waals surface area contributed by atoms with Crippen LogP contribution in [-0.2, 0) is 21.4 Å². The number of sulfonamides is 1. The molecule has 0 N–H and O–H groups in total. The highest BCUT2D eigenvalue weighted by Crippen LogP contribution is 2.27. The predicted octanol–water partition coefficient (Wildman–Crippen LogP) is 3.74. The summed E-state index contributed by atoms with van der Waals surface area (Å²) in [6, 6.07) is 10.3. The summed E-state index contributed by atoms with van der Waals surface area (Å²) < 4.78 is 41.3. The Morgan fingerprint density at radius 1 is 1.16 bits per heavy atom. The van der Waals surface area contributed by atoms with Crippen molar-refractivity contribution in [2.24, 2.45) is 5.92 Å². The van der Waals surface area contributed by atoms with Gasteiger partial charge in [0.2, 0.25) is 15.9 Å². The van der Waals surface area contributed by atoms with Gasteiger partial charge < -0.3 is 4.90 Å². The van der Waals surface area contributed by atoms with Crippen LogP contribution >= 0.6 is 11.6 Å². The Balaban J connectivity index is 1.65. The Bertz CT molecular complexity index is 1080. The van der Waals surface area contributed by atoms with E-state index in [2.05, 4.69) is 0 Å². The molecule has 1 saturated heterocycles. The number of hydrogen-bond acceptors (Lipinski definition) is 4. The standard InChI is InChI=1S/C22H24ClFN2O4S/c1-15(27)17-5-3-6-18(13-17)31(29,30)26-11-9-16(10-12-26)22(28)25(2)14-19-20(23)7-4-8-21(19)24/h3-8,13,16H,9-12,14H2,1-2H3. The van der Waals surface area contributed by atoms with Gasteiger partial charge in [0.1, 0.15) is 5.82 Å². The van der Waals surface area contributed by atoms with Gasteiger partial charge in [-0.05, 0) is 44.0 Å². The molecule has 0 spiro atoms. The Morgan fingerprint density at radius 2 is 1.81 bits per heavy atom. The second kappa shape index (κ2) is 9.46. The van der Waals surface area contributed by atoms with Gasteiger partial charge in [0.05, 0.1) is 4.90 Å². The molecule has 0 saturated carbocycles. The van der Waals surface area contributed by atoms with Gasteiger partial charge in [-0.1, -0.05) is 29.8 Å². The molecule has 0 atom stereocenters. The molecule has 6 nitrogen and oxygen atoms in total. The van der Waals surface area contributed by atoms with Crippen molar-refractivity contribution in [2.45, 2.75) is 31.2 Å². The minimum Gasteiger partial charge on any atom is -0.341 e. The number of carbonyl (C=O) groups is 2. The Labute approximate surface area is 186 Å². The molecule has 9 heteroatoms. The lowest BCUT2D eigenvalue weighted by Crippen LogP contribution is -2.43. The molecule has 3 rings (SSSR count). The molecule has 1 heterocycles. The number of amides is 1. The molecule has 2 aromatic rings.